The van der Waals surface area contributed by atoms with Crippen molar-refractivity contribution >= 4 is 39.2 Å². The lowest BCUT2D eigenvalue weighted by Crippen LogP contribution is -2.31. The summed E-state index contributed by atoms with van der Waals surface area (Å²) < 4.78 is 13.8. The van der Waals surface area contributed by atoms with Gasteiger partial charge in [-0.05, 0) is 42.2 Å². The zero-order valence-electron chi connectivity index (χ0n) is 17.9. The van der Waals surface area contributed by atoms with Crippen LogP contribution in [0.4, 0.5) is 0 Å². The number of hydrogen-bond donors (Lipinski definition) is 1. The number of hydrogen-bond acceptors (Lipinski definition) is 6. The molecule has 0 saturated carbocycles. The van der Waals surface area contributed by atoms with Gasteiger partial charge in [0.1, 0.15) is 0 Å². The molecule has 1 N–H and O–H groups in total. The van der Waals surface area contributed by atoms with Crippen LogP contribution in [0, 0.1) is 5.92 Å². The van der Waals surface area contributed by atoms with Crippen LogP contribution < -0.4 is 14.8 Å². The molecule has 1 amide bonds. The van der Waals surface area contributed by atoms with Crippen LogP contribution in [0.1, 0.15) is 44.7 Å². The number of fused-ring (bicyclic) bond motifs is 2. The molecule has 31 heavy (non-hydrogen) atoms. The predicted molar refractivity (Wildman–Crippen MR) is 127 cm³/mol. The Bertz CT molecular complexity index is 1000. The molecule has 7 heteroatoms. The molecule has 0 radical (unpaired) electrons. The number of nitrogens with one attached hydrogen (secondary N) is 1. The fraction of sp³-hybridized carbons (Fsp3) is 0.417. The Morgan fingerprint density at radius 1 is 1.16 bits per heavy atom. The first kappa shape index (κ1) is 22.0. The zero-order chi connectivity index (χ0) is 21.6. The van der Waals surface area contributed by atoms with E-state index in [1.807, 2.05) is 36.4 Å². The molecular formula is C24H28N2O3S2. The molecule has 0 spiro atoms. The lowest BCUT2D eigenvalue weighted by molar-refractivity contribution is -0.122. The van der Waals surface area contributed by atoms with Gasteiger partial charge in [-0.25, -0.2) is 4.98 Å². The minimum atomic E-state index is -0.0541. The third-order valence-electron chi connectivity index (χ3n) is 5.16. The Kier molecular flexibility index (Phi) is 7.35. The van der Waals surface area contributed by atoms with Crippen molar-refractivity contribution < 1.29 is 14.3 Å². The van der Waals surface area contributed by atoms with Gasteiger partial charge in [0, 0.05) is 18.6 Å². The number of ether oxygens (including phenoxy) is 2. The maximum atomic E-state index is 12.6. The molecule has 2 heterocycles. The highest BCUT2D eigenvalue weighted by molar-refractivity contribution is 8.01. The van der Waals surface area contributed by atoms with Gasteiger partial charge < -0.3 is 14.8 Å². The maximum Gasteiger partial charge on any atom is 0.220 e. The topological polar surface area (TPSA) is 60.5 Å². The van der Waals surface area contributed by atoms with Crippen molar-refractivity contribution in [1.82, 2.24) is 10.3 Å². The van der Waals surface area contributed by atoms with Gasteiger partial charge in [-0.1, -0.05) is 43.8 Å². The van der Waals surface area contributed by atoms with Gasteiger partial charge in [-0.2, -0.15) is 0 Å². The van der Waals surface area contributed by atoms with Crippen LogP contribution in [0.15, 0.2) is 46.8 Å². The highest BCUT2D eigenvalue weighted by atomic mass is 32.2. The van der Waals surface area contributed by atoms with E-state index in [2.05, 4.69) is 30.2 Å². The summed E-state index contributed by atoms with van der Waals surface area (Å²) in [4.78, 5) is 17.3. The molecule has 164 valence electrons. The lowest BCUT2D eigenvalue weighted by Gasteiger charge is -2.24. The van der Waals surface area contributed by atoms with Crippen LogP contribution in [0.3, 0.4) is 0 Å². The van der Waals surface area contributed by atoms with Crippen LogP contribution in [0.2, 0.25) is 0 Å². The van der Waals surface area contributed by atoms with Gasteiger partial charge in [0.05, 0.1) is 29.5 Å². The van der Waals surface area contributed by atoms with E-state index in [9.17, 15) is 4.79 Å². The molecule has 1 atom stereocenters. The molecule has 1 aromatic heterocycles. The van der Waals surface area contributed by atoms with Crippen molar-refractivity contribution in [1.29, 1.82) is 0 Å². The minimum absolute atomic E-state index is 0.0541. The number of para-hydroxylation sites is 1. The van der Waals surface area contributed by atoms with Crippen LogP contribution in [0.25, 0.3) is 10.2 Å². The van der Waals surface area contributed by atoms with E-state index in [0.29, 0.717) is 19.6 Å². The fourth-order valence-corrected chi connectivity index (χ4v) is 5.64. The van der Waals surface area contributed by atoms with Gasteiger partial charge >= 0.3 is 0 Å². The second-order valence-electron chi connectivity index (χ2n) is 7.95. The minimum Gasteiger partial charge on any atom is -0.490 e. The first-order chi connectivity index (χ1) is 15.1. The Morgan fingerprint density at radius 3 is 2.77 bits per heavy atom. The van der Waals surface area contributed by atoms with E-state index < -0.39 is 0 Å². The quantitative estimate of drug-likeness (QED) is 0.341. The Balaban J connectivity index is 1.30. The van der Waals surface area contributed by atoms with E-state index >= 15 is 0 Å². The number of benzene rings is 2. The first-order valence-electron chi connectivity index (χ1n) is 10.8. The molecule has 5 nitrogen and oxygen atoms in total. The van der Waals surface area contributed by atoms with Crippen LogP contribution >= 0.6 is 23.1 Å². The second-order valence-corrected chi connectivity index (χ2v) is 10.3. The third-order valence-corrected chi connectivity index (χ3v) is 7.43. The summed E-state index contributed by atoms with van der Waals surface area (Å²) in [6.07, 6.45) is 2.20. The van der Waals surface area contributed by atoms with Crippen molar-refractivity contribution in [3.63, 3.8) is 0 Å². The van der Waals surface area contributed by atoms with E-state index in [0.717, 1.165) is 45.5 Å². The number of carbonyl (C=O) groups excluding carboxylic acids is 1. The molecule has 0 aliphatic carbocycles. The Hall–Kier alpha value is -2.25. The van der Waals surface area contributed by atoms with Gasteiger partial charge in [-0.3, -0.25) is 4.79 Å². The highest BCUT2D eigenvalue weighted by Gasteiger charge is 2.21. The number of thiazole rings is 1. The van der Waals surface area contributed by atoms with Crippen molar-refractivity contribution in [2.45, 2.75) is 43.5 Å². The van der Waals surface area contributed by atoms with E-state index in [1.54, 1.807) is 23.1 Å². The van der Waals surface area contributed by atoms with E-state index in [4.69, 9.17) is 9.47 Å². The van der Waals surface area contributed by atoms with Crippen LogP contribution in [-0.2, 0) is 4.79 Å². The van der Waals surface area contributed by atoms with Gasteiger partial charge in [0.2, 0.25) is 5.91 Å². The third kappa shape index (κ3) is 5.71. The first-order valence-corrected chi connectivity index (χ1v) is 12.6. The molecule has 1 aliphatic heterocycles. The second kappa shape index (κ2) is 10.4. The van der Waals surface area contributed by atoms with E-state index in [-0.39, 0.29) is 17.9 Å². The standard InChI is InChI=1S/C24H28N2O3S2/c1-16(2)23(17-10-11-19-20(15-17)29-13-6-12-28-19)26-22(27)9-5-14-30-24-25-18-7-3-4-8-21(18)31-24/h3-4,7-8,10-11,15-16,23H,5-6,9,12-14H2,1-2H3,(H,26,27). The number of rotatable bonds is 8. The monoisotopic (exact) mass is 456 g/mol. The van der Waals surface area contributed by atoms with Crippen molar-refractivity contribution in [3.8, 4) is 11.5 Å². The fourth-order valence-electron chi connectivity index (χ4n) is 3.56. The Morgan fingerprint density at radius 2 is 1.97 bits per heavy atom. The molecule has 0 fully saturated rings. The maximum absolute atomic E-state index is 12.6. The molecular weight excluding hydrogens is 428 g/mol. The number of thioether (sulfide) groups is 1. The SMILES string of the molecule is CC(C)C(NC(=O)CCCSc1nc2ccccc2s1)c1ccc2c(c1)OCCCO2. The smallest absolute Gasteiger partial charge is 0.220 e. The number of amides is 1. The van der Waals surface area contributed by atoms with Gasteiger partial charge in [0.25, 0.3) is 0 Å². The molecule has 1 unspecified atom stereocenters. The van der Waals surface area contributed by atoms with Crippen molar-refractivity contribution in [2.75, 3.05) is 19.0 Å². The summed E-state index contributed by atoms with van der Waals surface area (Å²) in [5.74, 6) is 2.77. The summed E-state index contributed by atoms with van der Waals surface area (Å²) in [6.45, 7) is 5.57. The van der Waals surface area contributed by atoms with E-state index in [1.165, 1.54) is 4.70 Å². The molecule has 3 aromatic rings. The number of nitrogens with zero attached hydrogens (tertiary/aromatic N) is 1. The highest BCUT2D eigenvalue weighted by Crippen LogP contribution is 2.34. The number of aromatic nitrogens is 1. The van der Waals surface area contributed by atoms with Crippen molar-refractivity contribution in [2.24, 2.45) is 5.92 Å². The summed E-state index contributed by atoms with van der Waals surface area (Å²) in [5.41, 5.74) is 2.10. The van der Waals surface area contributed by atoms with Gasteiger partial charge in [-0.15, -0.1) is 11.3 Å². The predicted octanol–water partition coefficient (Wildman–Crippen LogP) is 5.84. The summed E-state index contributed by atoms with van der Waals surface area (Å²) in [6, 6.07) is 14.1. The molecule has 4 rings (SSSR count). The summed E-state index contributed by atoms with van der Waals surface area (Å²) in [7, 11) is 0. The zero-order valence-corrected chi connectivity index (χ0v) is 19.6. The van der Waals surface area contributed by atoms with Crippen LogP contribution in [-0.4, -0.2) is 29.9 Å². The van der Waals surface area contributed by atoms with Crippen LogP contribution in [0.5, 0.6) is 11.5 Å². The number of carbonyl (C=O) groups is 1. The molecule has 0 bridgehead atoms. The van der Waals surface area contributed by atoms with Gasteiger partial charge in [0.15, 0.2) is 15.8 Å². The average Bonchev–Trinajstić information content (AvgIpc) is 3.03. The Labute approximate surface area is 191 Å². The van der Waals surface area contributed by atoms with Crippen molar-refractivity contribution in [3.05, 3.63) is 48.0 Å². The average molecular weight is 457 g/mol. The lowest BCUT2D eigenvalue weighted by atomic mass is 9.95. The molecule has 2 aromatic carbocycles. The normalized spacial score (nSPS) is 14.4. The largest absolute Gasteiger partial charge is 0.490 e. The summed E-state index contributed by atoms with van der Waals surface area (Å²) >= 11 is 3.43. The molecule has 1 aliphatic rings. The molecule has 0 saturated heterocycles. The summed E-state index contributed by atoms with van der Waals surface area (Å²) in [5, 5.41) is 3.22.